The maximum absolute atomic E-state index is 11.8. The first kappa shape index (κ1) is 15.4. The van der Waals surface area contributed by atoms with Gasteiger partial charge in [0.05, 0.1) is 7.11 Å². The quantitative estimate of drug-likeness (QED) is 0.609. The first-order chi connectivity index (χ1) is 9.17. The van der Waals surface area contributed by atoms with Crippen LogP contribution < -0.4 is 15.4 Å². The van der Waals surface area contributed by atoms with E-state index in [1.807, 2.05) is 0 Å². The van der Waals surface area contributed by atoms with Crippen molar-refractivity contribution in [1.82, 2.24) is 10.6 Å². The minimum Gasteiger partial charge on any atom is -0.497 e. The van der Waals surface area contributed by atoms with Crippen LogP contribution in [0.15, 0.2) is 24.3 Å². The highest BCUT2D eigenvalue weighted by atomic mass is 32.1. The van der Waals surface area contributed by atoms with Crippen molar-refractivity contribution in [3.05, 3.63) is 29.8 Å². The Morgan fingerprint density at radius 3 is 2.53 bits per heavy atom. The lowest BCUT2D eigenvalue weighted by molar-refractivity contribution is 0.0976. The number of methoxy groups -OCH3 is 2. The molecule has 5 nitrogen and oxygen atoms in total. The molecule has 1 amide bonds. The van der Waals surface area contributed by atoms with E-state index in [-0.39, 0.29) is 5.91 Å². The van der Waals surface area contributed by atoms with Gasteiger partial charge in [-0.1, -0.05) is 0 Å². The number of nitrogens with one attached hydrogen (secondary N) is 2. The summed E-state index contributed by atoms with van der Waals surface area (Å²) in [6.45, 7) is 1.32. The molecule has 0 atom stereocenters. The van der Waals surface area contributed by atoms with Gasteiger partial charge in [-0.2, -0.15) is 0 Å². The van der Waals surface area contributed by atoms with Crippen LogP contribution in [0.25, 0.3) is 0 Å². The molecule has 0 saturated carbocycles. The smallest absolute Gasteiger partial charge is 0.257 e. The Morgan fingerprint density at radius 1 is 1.26 bits per heavy atom. The third-order valence-electron chi connectivity index (χ3n) is 2.39. The Bertz CT molecular complexity index is 420. The fraction of sp³-hybridized carbons (Fsp3) is 0.385. The van der Waals surface area contributed by atoms with Crippen LogP contribution in [0.1, 0.15) is 16.8 Å². The van der Waals surface area contributed by atoms with Crippen LogP contribution >= 0.6 is 12.2 Å². The summed E-state index contributed by atoms with van der Waals surface area (Å²) in [6, 6.07) is 6.82. The number of rotatable bonds is 6. The lowest BCUT2D eigenvalue weighted by Crippen LogP contribution is -2.39. The Labute approximate surface area is 118 Å². The summed E-state index contributed by atoms with van der Waals surface area (Å²) in [5, 5.41) is 5.86. The average Bonchev–Trinajstić information content (AvgIpc) is 2.43. The van der Waals surface area contributed by atoms with Gasteiger partial charge in [-0.05, 0) is 42.9 Å². The fourth-order valence-electron chi connectivity index (χ4n) is 1.38. The van der Waals surface area contributed by atoms with Crippen molar-refractivity contribution in [2.75, 3.05) is 27.4 Å². The molecule has 104 valence electrons. The number of amides is 1. The van der Waals surface area contributed by atoms with E-state index in [1.165, 1.54) is 0 Å². The van der Waals surface area contributed by atoms with E-state index in [0.717, 1.165) is 6.42 Å². The summed E-state index contributed by atoms with van der Waals surface area (Å²) < 4.78 is 9.94. The number of hydrogen-bond acceptors (Lipinski definition) is 4. The van der Waals surface area contributed by atoms with Crippen molar-refractivity contribution in [1.29, 1.82) is 0 Å². The highest BCUT2D eigenvalue weighted by Crippen LogP contribution is 2.10. The van der Waals surface area contributed by atoms with Gasteiger partial charge in [-0.15, -0.1) is 0 Å². The molecular formula is C13H18N2O3S. The predicted octanol–water partition coefficient (Wildman–Crippen LogP) is 1.34. The first-order valence-corrected chi connectivity index (χ1v) is 6.30. The Kier molecular flexibility index (Phi) is 6.84. The summed E-state index contributed by atoms with van der Waals surface area (Å²) in [5.41, 5.74) is 0.529. The molecule has 0 aliphatic heterocycles. The van der Waals surface area contributed by atoms with Crippen LogP contribution in [0.3, 0.4) is 0 Å². The number of thiocarbonyl (C=S) groups is 1. The number of carbonyl (C=O) groups excluding carboxylic acids is 1. The Balaban J connectivity index is 2.38. The third kappa shape index (κ3) is 5.67. The minimum atomic E-state index is -0.244. The van der Waals surface area contributed by atoms with Crippen LogP contribution in [-0.2, 0) is 4.74 Å². The molecule has 0 aromatic heterocycles. The number of ether oxygens (including phenoxy) is 2. The summed E-state index contributed by atoms with van der Waals surface area (Å²) in [4.78, 5) is 11.8. The molecule has 0 fully saturated rings. The molecule has 0 aliphatic carbocycles. The molecule has 1 rings (SSSR count). The highest BCUT2D eigenvalue weighted by molar-refractivity contribution is 7.80. The number of benzene rings is 1. The van der Waals surface area contributed by atoms with Gasteiger partial charge in [0.1, 0.15) is 5.75 Å². The number of hydrogen-bond donors (Lipinski definition) is 2. The largest absolute Gasteiger partial charge is 0.497 e. The second-order valence-electron chi connectivity index (χ2n) is 3.78. The van der Waals surface area contributed by atoms with Gasteiger partial charge in [-0.25, -0.2) is 0 Å². The van der Waals surface area contributed by atoms with Gasteiger partial charge in [0.2, 0.25) is 0 Å². The molecule has 0 heterocycles. The lowest BCUT2D eigenvalue weighted by atomic mass is 10.2. The lowest BCUT2D eigenvalue weighted by Gasteiger charge is -2.09. The molecule has 0 aliphatic rings. The normalized spacial score (nSPS) is 9.79. The fourth-order valence-corrected chi connectivity index (χ4v) is 1.58. The second kappa shape index (κ2) is 8.44. The SMILES string of the molecule is COCCCNC(=S)NC(=O)c1ccc(OC)cc1. The molecule has 2 N–H and O–H groups in total. The van der Waals surface area contributed by atoms with Crippen molar-refractivity contribution in [3.8, 4) is 5.75 Å². The van der Waals surface area contributed by atoms with Gasteiger partial charge in [0.25, 0.3) is 5.91 Å². The van der Waals surface area contributed by atoms with Gasteiger partial charge >= 0.3 is 0 Å². The van der Waals surface area contributed by atoms with E-state index < -0.39 is 0 Å². The van der Waals surface area contributed by atoms with Crippen LogP contribution in [0.4, 0.5) is 0 Å². The summed E-state index contributed by atoms with van der Waals surface area (Å²) in [5.74, 6) is 0.462. The van der Waals surface area contributed by atoms with E-state index in [0.29, 0.717) is 29.6 Å². The molecule has 1 aromatic carbocycles. The number of carbonyl (C=O) groups is 1. The van der Waals surface area contributed by atoms with Gasteiger partial charge in [0, 0.05) is 25.8 Å². The van der Waals surface area contributed by atoms with Crippen molar-refractivity contribution >= 4 is 23.2 Å². The molecule has 0 bridgehead atoms. The zero-order chi connectivity index (χ0) is 14.1. The molecule has 6 heteroatoms. The van der Waals surface area contributed by atoms with Crippen LogP contribution in [0.2, 0.25) is 0 Å². The Hall–Kier alpha value is -1.66. The van der Waals surface area contributed by atoms with Crippen molar-refractivity contribution in [2.24, 2.45) is 0 Å². The zero-order valence-corrected chi connectivity index (χ0v) is 11.9. The van der Waals surface area contributed by atoms with Crippen LogP contribution in [0, 0.1) is 0 Å². The molecule has 0 saturated heterocycles. The van der Waals surface area contributed by atoms with Crippen molar-refractivity contribution < 1.29 is 14.3 Å². The van der Waals surface area contributed by atoms with Gasteiger partial charge in [0.15, 0.2) is 5.11 Å². The van der Waals surface area contributed by atoms with E-state index in [9.17, 15) is 4.79 Å². The Morgan fingerprint density at radius 2 is 1.95 bits per heavy atom. The molecule has 0 spiro atoms. The van der Waals surface area contributed by atoms with E-state index >= 15 is 0 Å². The van der Waals surface area contributed by atoms with Gasteiger partial charge < -0.3 is 14.8 Å². The average molecular weight is 282 g/mol. The van der Waals surface area contributed by atoms with Crippen LogP contribution in [0.5, 0.6) is 5.75 Å². The van der Waals surface area contributed by atoms with Crippen molar-refractivity contribution in [2.45, 2.75) is 6.42 Å². The topological polar surface area (TPSA) is 59.6 Å². The highest BCUT2D eigenvalue weighted by Gasteiger charge is 2.07. The molecular weight excluding hydrogens is 264 g/mol. The molecule has 0 unspecified atom stereocenters. The predicted molar refractivity (Wildman–Crippen MR) is 77.6 cm³/mol. The minimum absolute atomic E-state index is 0.244. The van der Waals surface area contributed by atoms with Gasteiger partial charge in [-0.3, -0.25) is 10.1 Å². The first-order valence-electron chi connectivity index (χ1n) is 5.89. The van der Waals surface area contributed by atoms with E-state index in [1.54, 1.807) is 38.5 Å². The van der Waals surface area contributed by atoms with Crippen molar-refractivity contribution in [3.63, 3.8) is 0 Å². The summed E-state index contributed by atoms with van der Waals surface area (Å²) >= 11 is 5.02. The maximum Gasteiger partial charge on any atom is 0.257 e. The van der Waals surface area contributed by atoms with Crippen LogP contribution in [-0.4, -0.2) is 38.4 Å². The molecule has 19 heavy (non-hydrogen) atoms. The van der Waals surface area contributed by atoms with E-state index in [4.69, 9.17) is 21.7 Å². The standard InChI is InChI=1S/C13H18N2O3S/c1-17-9-3-8-14-13(19)15-12(16)10-4-6-11(18-2)7-5-10/h4-7H,3,8-9H2,1-2H3,(H2,14,15,16,19). The monoisotopic (exact) mass is 282 g/mol. The second-order valence-corrected chi connectivity index (χ2v) is 4.19. The third-order valence-corrected chi connectivity index (χ3v) is 2.64. The van der Waals surface area contributed by atoms with E-state index in [2.05, 4.69) is 10.6 Å². The molecule has 0 radical (unpaired) electrons. The summed E-state index contributed by atoms with van der Waals surface area (Å²) in [7, 11) is 3.22. The summed E-state index contributed by atoms with van der Waals surface area (Å²) in [6.07, 6.45) is 0.828. The molecule has 1 aromatic rings. The zero-order valence-electron chi connectivity index (χ0n) is 11.1. The maximum atomic E-state index is 11.8.